The van der Waals surface area contributed by atoms with Gasteiger partial charge < -0.3 is 21.1 Å². The van der Waals surface area contributed by atoms with E-state index in [0.717, 1.165) is 36.8 Å². The maximum Gasteiger partial charge on any atom is 0.410 e. The highest BCUT2D eigenvalue weighted by atomic mass is 16.6. The summed E-state index contributed by atoms with van der Waals surface area (Å²) in [6.45, 7) is 3.53. The molecular weight excluding hydrogens is 362 g/mol. The zero-order valence-corrected chi connectivity index (χ0v) is 17.3. The second-order valence-corrected chi connectivity index (χ2v) is 7.99. The Kier molecular flexibility index (Phi) is 7.29. The van der Waals surface area contributed by atoms with Crippen LogP contribution in [0.5, 0.6) is 0 Å². The van der Waals surface area contributed by atoms with Gasteiger partial charge in [0.05, 0.1) is 12.6 Å². The summed E-state index contributed by atoms with van der Waals surface area (Å²) in [5, 5.41) is 0. The Morgan fingerprint density at radius 2 is 1.93 bits per heavy atom. The number of carbonyl (C=O) groups is 1. The van der Waals surface area contributed by atoms with Gasteiger partial charge in [0.15, 0.2) is 0 Å². The molecule has 5 heteroatoms. The van der Waals surface area contributed by atoms with Crippen LogP contribution in [0.2, 0.25) is 0 Å². The van der Waals surface area contributed by atoms with E-state index < -0.39 is 5.54 Å². The predicted molar refractivity (Wildman–Crippen MR) is 118 cm³/mol. The summed E-state index contributed by atoms with van der Waals surface area (Å²) < 4.78 is 5.51. The van der Waals surface area contributed by atoms with Crippen LogP contribution in [-0.2, 0) is 11.2 Å². The third-order valence-electron chi connectivity index (χ3n) is 5.88. The number of hydrogen-bond donors (Lipinski definition) is 2. The predicted octanol–water partition coefficient (Wildman–Crippen LogP) is 3.95. The third kappa shape index (κ3) is 5.17. The van der Waals surface area contributed by atoms with Gasteiger partial charge in [-0.1, -0.05) is 67.9 Å². The zero-order chi connectivity index (χ0) is 20.7. The Balaban J connectivity index is 1.83. The number of likely N-dealkylation sites (tertiary alicyclic amines) is 1. The quantitative estimate of drug-likeness (QED) is 0.696. The molecule has 1 heterocycles. The number of unbranched alkanes of at least 4 members (excludes halogenated alkanes) is 1. The first-order valence-corrected chi connectivity index (χ1v) is 10.6. The molecule has 4 N–H and O–H groups in total. The van der Waals surface area contributed by atoms with Crippen molar-refractivity contribution in [2.45, 2.75) is 50.6 Å². The highest BCUT2D eigenvalue weighted by Crippen LogP contribution is 2.30. The lowest BCUT2D eigenvalue weighted by atomic mass is 9.79. The van der Waals surface area contributed by atoms with Gasteiger partial charge in [0.2, 0.25) is 0 Å². The lowest BCUT2D eigenvalue weighted by Crippen LogP contribution is -2.67. The number of carbonyl (C=O) groups excluding carboxylic acids is 1. The van der Waals surface area contributed by atoms with Crippen LogP contribution < -0.4 is 11.5 Å². The third-order valence-corrected chi connectivity index (χ3v) is 5.88. The van der Waals surface area contributed by atoms with Crippen molar-refractivity contribution in [3.63, 3.8) is 0 Å². The molecule has 5 nitrogen and oxygen atoms in total. The molecule has 2 aromatic carbocycles. The van der Waals surface area contributed by atoms with E-state index in [0.29, 0.717) is 26.1 Å². The smallest absolute Gasteiger partial charge is 0.410 e. The number of nitrogens with zero attached hydrogens (tertiary/aromatic N) is 1. The highest BCUT2D eigenvalue weighted by Gasteiger charge is 2.43. The van der Waals surface area contributed by atoms with Crippen molar-refractivity contribution in [1.82, 2.24) is 4.90 Å². The molecule has 2 aromatic rings. The molecule has 29 heavy (non-hydrogen) atoms. The highest BCUT2D eigenvalue weighted by molar-refractivity contribution is 5.69. The summed E-state index contributed by atoms with van der Waals surface area (Å²) in [6.07, 6.45) is 3.91. The summed E-state index contributed by atoms with van der Waals surface area (Å²) in [5.74, 6) is 0. The van der Waals surface area contributed by atoms with E-state index in [1.807, 2.05) is 18.2 Å². The fourth-order valence-electron chi connectivity index (χ4n) is 4.10. The lowest BCUT2D eigenvalue weighted by molar-refractivity contribution is 0.0437. The van der Waals surface area contributed by atoms with Gasteiger partial charge in [0, 0.05) is 18.6 Å². The molecule has 156 valence electrons. The van der Waals surface area contributed by atoms with Crippen molar-refractivity contribution in [1.29, 1.82) is 0 Å². The molecule has 1 saturated heterocycles. The van der Waals surface area contributed by atoms with E-state index >= 15 is 0 Å². The van der Waals surface area contributed by atoms with Crippen molar-refractivity contribution in [3.05, 3.63) is 60.2 Å². The average Bonchev–Trinajstić information content (AvgIpc) is 2.76. The zero-order valence-electron chi connectivity index (χ0n) is 17.3. The molecule has 0 spiro atoms. The molecule has 1 fully saturated rings. The van der Waals surface area contributed by atoms with Crippen LogP contribution in [0.25, 0.3) is 11.1 Å². The van der Waals surface area contributed by atoms with Crippen LogP contribution in [0.3, 0.4) is 0 Å². The van der Waals surface area contributed by atoms with Gasteiger partial charge in [0.25, 0.3) is 0 Å². The molecule has 0 unspecified atom stereocenters. The summed E-state index contributed by atoms with van der Waals surface area (Å²) in [5.41, 5.74) is 15.7. The molecule has 1 amide bonds. The maximum absolute atomic E-state index is 12.8. The van der Waals surface area contributed by atoms with E-state index in [2.05, 4.69) is 43.3 Å². The largest absolute Gasteiger partial charge is 0.449 e. The van der Waals surface area contributed by atoms with Crippen molar-refractivity contribution < 1.29 is 9.53 Å². The van der Waals surface area contributed by atoms with Crippen LogP contribution in [0.4, 0.5) is 4.79 Å². The SMILES string of the molecule is CCCCOC(=O)N1CCC[C@@](N)(CN)[C@@H]1Cc1cccc(-c2ccccc2)c1. The number of piperidine rings is 1. The molecular formula is C24H33N3O2. The second-order valence-electron chi connectivity index (χ2n) is 7.99. The van der Waals surface area contributed by atoms with Gasteiger partial charge >= 0.3 is 6.09 Å². The van der Waals surface area contributed by atoms with Crippen LogP contribution in [0.1, 0.15) is 38.2 Å². The fourth-order valence-corrected chi connectivity index (χ4v) is 4.10. The standard InChI is InChI=1S/C24H33N3O2/c1-2-3-15-29-23(28)27-14-8-13-24(26,18-25)22(27)17-19-9-7-12-21(16-19)20-10-5-4-6-11-20/h4-7,9-12,16,22H,2-3,8,13-15,17-18,25-26H2,1H3/t22-,24+/m0/s1. The molecule has 0 aromatic heterocycles. The van der Waals surface area contributed by atoms with Crippen molar-refractivity contribution in [2.75, 3.05) is 19.7 Å². The molecule has 0 aliphatic carbocycles. The van der Waals surface area contributed by atoms with E-state index in [4.69, 9.17) is 16.2 Å². The minimum absolute atomic E-state index is 0.179. The monoisotopic (exact) mass is 395 g/mol. The number of hydrogen-bond acceptors (Lipinski definition) is 4. The van der Waals surface area contributed by atoms with Crippen molar-refractivity contribution in [3.8, 4) is 11.1 Å². The Labute approximate surface area is 174 Å². The molecule has 3 rings (SSSR count). The Hall–Kier alpha value is -2.37. The summed E-state index contributed by atoms with van der Waals surface area (Å²) in [7, 11) is 0. The van der Waals surface area contributed by atoms with E-state index in [9.17, 15) is 4.79 Å². The summed E-state index contributed by atoms with van der Waals surface area (Å²) >= 11 is 0. The number of amides is 1. The van der Waals surface area contributed by atoms with Crippen LogP contribution in [0, 0.1) is 0 Å². The number of ether oxygens (including phenoxy) is 1. The molecule has 0 radical (unpaired) electrons. The average molecular weight is 396 g/mol. The van der Waals surface area contributed by atoms with Gasteiger partial charge in [0.1, 0.15) is 0 Å². The van der Waals surface area contributed by atoms with Crippen LogP contribution >= 0.6 is 0 Å². The minimum atomic E-state index is -0.606. The molecule has 1 aliphatic rings. The number of rotatable bonds is 7. The number of benzene rings is 2. The van der Waals surface area contributed by atoms with Gasteiger partial charge in [-0.05, 0) is 42.4 Å². The van der Waals surface area contributed by atoms with E-state index in [-0.39, 0.29) is 12.1 Å². The first kappa shape index (κ1) is 21.3. The van der Waals surface area contributed by atoms with E-state index in [1.54, 1.807) is 4.90 Å². The maximum atomic E-state index is 12.8. The lowest BCUT2D eigenvalue weighted by Gasteiger charge is -2.47. The Morgan fingerprint density at radius 3 is 2.66 bits per heavy atom. The van der Waals surface area contributed by atoms with Gasteiger partial charge in [-0.25, -0.2) is 4.79 Å². The molecule has 0 saturated carbocycles. The first-order chi connectivity index (χ1) is 14.1. The van der Waals surface area contributed by atoms with Crippen molar-refractivity contribution >= 4 is 6.09 Å². The molecule has 0 bridgehead atoms. The van der Waals surface area contributed by atoms with Gasteiger partial charge in [-0.15, -0.1) is 0 Å². The van der Waals surface area contributed by atoms with Crippen LogP contribution in [0.15, 0.2) is 54.6 Å². The summed E-state index contributed by atoms with van der Waals surface area (Å²) in [4.78, 5) is 14.6. The molecule has 2 atom stereocenters. The Bertz CT molecular complexity index is 796. The van der Waals surface area contributed by atoms with E-state index in [1.165, 1.54) is 5.56 Å². The van der Waals surface area contributed by atoms with Crippen LogP contribution in [-0.4, -0.2) is 42.3 Å². The van der Waals surface area contributed by atoms with Gasteiger partial charge in [-0.3, -0.25) is 0 Å². The second kappa shape index (κ2) is 9.90. The normalized spacial score (nSPS) is 21.8. The minimum Gasteiger partial charge on any atom is -0.449 e. The Morgan fingerprint density at radius 1 is 1.17 bits per heavy atom. The topological polar surface area (TPSA) is 81.6 Å². The first-order valence-electron chi connectivity index (χ1n) is 10.6. The fraction of sp³-hybridized carbons (Fsp3) is 0.458. The van der Waals surface area contributed by atoms with Gasteiger partial charge in [-0.2, -0.15) is 0 Å². The van der Waals surface area contributed by atoms with Crippen molar-refractivity contribution in [2.24, 2.45) is 11.5 Å². The summed E-state index contributed by atoms with van der Waals surface area (Å²) in [6, 6.07) is 18.6. The molecule has 1 aliphatic heterocycles. The number of nitrogens with two attached hydrogens (primary N) is 2.